The van der Waals surface area contributed by atoms with Gasteiger partial charge in [-0.1, -0.05) is 30.3 Å². The normalized spacial score (nSPS) is 20.4. The van der Waals surface area contributed by atoms with E-state index in [-0.39, 0.29) is 12.0 Å². The number of rotatable bonds is 5. The summed E-state index contributed by atoms with van der Waals surface area (Å²) in [6.45, 7) is 1.84. The first-order valence-electron chi connectivity index (χ1n) is 11.1. The molecule has 32 heavy (non-hydrogen) atoms. The van der Waals surface area contributed by atoms with Crippen LogP contribution in [0.5, 0.6) is 0 Å². The molecule has 0 amide bonds. The fourth-order valence-corrected chi connectivity index (χ4v) is 4.66. The van der Waals surface area contributed by atoms with E-state index in [4.69, 9.17) is 19.3 Å². The van der Waals surface area contributed by atoms with Crippen LogP contribution in [-0.2, 0) is 19.0 Å². The highest BCUT2D eigenvalue weighted by atomic mass is 16.7. The third-order valence-electron chi connectivity index (χ3n) is 6.34. The number of hydrogen-bond acceptors (Lipinski definition) is 7. The molecular weight excluding hydrogens is 408 g/mol. The Morgan fingerprint density at radius 1 is 1.22 bits per heavy atom. The van der Waals surface area contributed by atoms with Crippen LogP contribution in [0.3, 0.4) is 0 Å². The van der Waals surface area contributed by atoms with Gasteiger partial charge in [-0.15, -0.1) is 0 Å². The number of methoxy groups -OCH3 is 1. The molecule has 0 radical (unpaired) electrons. The zero-order chi connectivity index (χ0) is 22.0. The van der Waals surface area contributed by atoms with E-state index in [0.717, 1.165) is 48.5 Å². The summed E-state index contributed by atoms with van der Waals surface area (Å²) in [6, 6.07) is 12.4. The molecular formula is C24H28N4O4. The van der Waals surface area contributed by atoms with Gasteiger partial charge in [0.05, 0.1) is 49.9 Å². The van der Waals surface area contributed by atoms with E-state index >= 15 is 0 Å². The maximum atomic E-state index is 12.3. The van der Waals surface area contributed by atoms with E-state index in [1.807, 2.05) is 24.3 Å². The Kier molecular flexibility index (Phi) is 5.71. The summed E-state index contributed by atoms with van der Waals surface area (Å²) in [6.07, 6.45) is 7.00. The van der Waals surface area contributed by atoms with Crippen LogP contribution in [0, 0.1) is 0 Å². The molecule has 2 fully saturated rings. The number of ether oxygens (including phenoxy) is 3. The summed E-state index contributed by atoms with van der Waals surface area (Å²) >= 11 is 0. The maximum Gasteiger partial charge on any atom is 0.339 e. The number of carbonyl (C=O) groups excluding carboxylic acids is 1. The Balaban J connectivity index is 1.47. The SMILES string of the molecule is COC(=O)C1=C(Nc2cc(-c3ccccc3)nn2C2CCC3(CC2)OCCO3)CNC=C1. The lowest BCUT2D eigenvalue weighted by molar-refractivity contribution is -0.181. The van der Waals surface area contributed by atoms with E-state index in [1.54, 1.807) is 12.3 Å². The molecule has 1 aromatic heterocycles. The molecule has 0 bridgehead atoms. The molecule has 0 unspecified atom stereocenters. The molecule has 1 aromatic carbocycles. The van der Waals surface area contributed by atoms with Crippen LogP contribution >= 0.6 is 0 Å². The molecule has 3 aliphatic rings. The van der Waals surface area contributed by atoms with Crippen LogP contribution in [0.1, 0.15) is 31.7 Å². The van der Waals surface area contributed by atoms with Crippen molar-refractivity contribution in [3.8, 4) is 11.3 Å². The first kappa shape index (κ1) is 20.8. The van der Waals surface area contributed by atoms with E-state index in [0.29, 0.717) is 25.3 Å². The number of anilines is 1. The van der Waals surface area contributed by atoms with E-state index in [9.17, 15) is 4.79 Å². The average Bonchev–Trinajstić information content (AvgIpc) is 3.48. The van der Waals surface area contributed by atoms with Crippen molar-refractivity contribution in [2.75, 3.05) is 32.2 Å². The fourth-order valence-electron chi connectivity index (χ4n) is 4.66. The van der Waals surface area contributed by atoms with Gasteiger partial charge in [0, 0.05) is 24.5 Å². The van der Waals surface area contributed by atoms with Crippen molar-refractivity contribution in [3.05, 3.63) is 59.9 Å². The third-order valence-corrected chi connectivity index (χ3v) is 6.34. The third kappa shape index (κ3) is 4.03. The van der Waals surface area contributed by atoms with Crippen LogP contribution in [-0.4, -0.2) is 48.4 Å². The summed E-state index contributed by atoms with van der Waals surface area (Å²) < 4.78 is 18.8. The highest BCUT2D eigenvalue weighted by Gasteiger charge is 2.41. The van der Waals surface area contributed by atoms with Crippen molar-refractivity contribution >= 4 is 11.8 Å². The second kappa shape index (κ2) is 8.80. The minimum Gasteiger partial charge on any atom is -0.465 e. The Labute approximate surface area is 187 Å². The summed E-state index contributed by atoms with van der Waals surface area (Å²) in [7, 11) is 1.39. The monoisotopic (exact) mass is 436 g/mol. The molecule has 2 N–H and O–H groups in total. The van der Waals surface area contributed by atoms with Crippen molar-refractivity contribution in [3.63, 3.8) is 0 Å². The highest BCUT2D eigenvalue weighted by Crippen LogP contribution is 2.41. The van der Waals surface area contributed by atoms with Crippen molar-refractivity contribution in [2.24, 2.45) is 0 Å². The molecule has 8 nitrogen and oxygen atoms in total. The second-order valence-corrected chi connectivity index (χ2v) is 8.29. The molecule has 1 spiro atoms. The standard InChI is InChI=1S/C24H28N4O4/c1-30-23(29)19-9-12-25-16-21(19)26-22-15-20(17-5-3-2-4-6-17)27-28(22)18-7-10-24(11-8-18)31-13-14-32-24/h2-6,9,12,15,18,25-26H,7-8,10-11,13-14,16H2,1H3. The van der Waals surface area contributed by atoms with Gasteiger partial charge in [0.25, 0.3) is 0 Å². The second-order valence-electron chi connectivity index (χ2n) is 8.29. The zero-order valence-corrected chi connectivity index (χ0v) is 18.2. The first-order chi connectivity index (χ1) is 15.7. The number of carbonyl (C=O) groups is 1. The summed E-state index contributed by atoms with van der Waals surface area (Å²) in [5.41, 5.74) is 3.21. The average molecular weight is 437 g/mol. The topological polar surface area (TPSA) is 86.6 Å². The van der Waals surface area contributed by atoms with Gasteiger partial charge in [-0.2, -0.15) is 5.10 Å². The molecule has 2 aliphatic heterocycles. The highest BCUT2D eigenvalue weighted by molar-refractivity contribution is 5.93. The number of nitrogens with zero attached hydrogens (tertiary/aromatic N) is 2. The van der Waals surface area contributed by atoms with Crippen LogP contribution in [0.15, 0.2) is 59.9 Å². The van der Waals surface area contributed by atoms with Crippen LogP contribution < -0.4 is 10.6 Å². The number of aromatic nitrogens is 2. The smallest absolute Gasteiger partial charge is 0.339 e. The molecule has 2 aromatic rings. The predicted octanol–water partition coefficient (Wildman–Crippen LogP) is 3.36. The Morgan fingerprint density at radius 3 is 2.69 bits per heavy atom. The van der Waals surface area contributed by atoms with E-state index < -0.39 is 5.79 Å². The van der Waals surface area contributed by atoms with Gasteiger partial charge in [-0.3, -0.25) is 0 Å². The maximum absolute atomic E-state index is 12.3. The molecule has 3 heterocycles. The summed E-state index contributed by atoms with van der Waals surface area (Å²) in [5.74, 6) is 0.0688. The van der Waals surface area contributed by atoms with Crippen molar-refractivity contribution < 1.29 is 19.0 Å². The number of nitrogens with one attached hydrogen (secondary N) is 2. The van der Waals surface area contributed by atoms with Gasteiger partial charge >= 0.3 is 5.97 Å². The number of benzene rings is 1. The number of dihydropyridines is 1. The van der Waals surface area contributed by atoms with Gasteiger partial charge in [0.15, 0.2) is 5.79 Å². The van der Waals surface area contributed by atoms with E-state index in [2.05, 4.69) is 27.4 Å². The van der Waals surface area contributed by atoms with Gasteiger partial charge in [0.2, 0.25) is 0 Å². The van der Waals surface area contributed by atoms with Gasteiger partial charge in [0.1, 0.15) is 5.82 Å². The molecule has 168 valence electrons. The molecule has 1 saturated heterocycles. The largest absolute Gasteiger partial charge is 0.465 e. The Bertz CT molecular complexity index is 1030. The Morgan fingerprint density at radius 2 is 1.97 bits per heavy atom. The molecule has 0 atom stereocenters. The van der Waals surface area contributed by atoms with Crippen LogP contribution in [0.2, 0.25) is 0 Å². The molecule has 5 rings (SSSR count). The van der Waals surface area contributed by atoms with Crippen molar-refractivity contribution in [2.45, 2.75) is 37.5 Å². The Hall–Kier alpha value is -3.10. The van der Waals surface area contributed by atoms with Gasteiger partial charge in [-0.25, -0.2) is 9.48 Å². The molecule has 8 heteroatoms. The van der Waals surface area contributed by atoms with E-state index in [1.165, 1.54) is 7.11 Å². The minimum atomic E-state index is -0.418. The number of esters is 1. The van der Waals surface area contributed by atoms with Crippen molar-refractivity contribution in [1.29, 1.82) is 0 Å². The summed E-state index contributed by atoms with van der Waals surface area (Å²) in [5, 5.41) is 11.6. The first-order valence-corrected chi connectivity index (χ1v) is 11.1. The van der Waals surface area contributed by atoms with Crippen LogP contribution in [0.25, 0.3) is 11.3 Å². The minimum absolute atomic E-state index is 0.211. The zero-order valence-electron chi connectivity index (χ0n) is 18.2. The predicted molar refractivity (Wildman–Crippen MR) is 120 cm³/mol. The van der Waals surface area contributed by atoms with Crippen molar-refractivity contribution in [1.82, 2.24) is 15.1 Å². The summed E-state index contributed by atoms with van der Waals surface area (Å²) in [4.78, 5) is 12.3. The van der Waals surface area contributed by atoms with Gasteiger partial charge in [-0.05, 0) is 25.1 Å². The fraction of sp³-hybridized carbons (Fsp3) is 0.417. The lowest BCUT2D eigenvalue weighted by Crippen LogP contribution is -2.36. The lowest BCUT2D eigenvalue weighted by atomic mass is 9.90. The number of hydrogen-bond donors (Lipinski definition) is 2. The van der Waals surface area contributed by atoms with Gasteiger partial charge < -0.3 is 24.8 Å². The molecule has 1 aliphatic carbocycles. The molecule has 1 saturated carbocycles. The van der Waals surface area contributed by atoms with Crippen LogP contribution in [0.4, 0.5) is 5.82 Å². The lowest BCUT2D eigenvalue weighted by Gasteiger charge is -2.36. The quantitative estimate of drug-likeness (QED) is 0.695.